The first-order valence-corrected chi connectivity index (χ1v) is 11.2. The molecule has 0 atom stereocenters. The van der Waals surface area contributed by atoms with Crippen LogP contribution in [0.1, 0.15) is 25.2 Å². The third-order valence-electron chi connectivity index (χ3n) is 5.18. The topological polar surface area (TPSA) is 79.6 Å². The van der Waals surface area contributed by atoms with Crippen molar-refractivity contribution in [1.29, 1.82) is 0 Å². The van der Waals surface area contributed by atoms with Gasteiger partial charge in [0.1, 0.15) is 5.82 Å². The summed E-state index contributed by atoms with van der Waals surface area (Å²) in [6.07, 6.45) is 4.58. The highest BCUT2D eigenvalue weighted by atomic mass is 32.2. The van der Waals surface area contributed by atoms with E-state index in [-0.39, 0.29) is 5.75 Å². The molecule has 1 aliphatic heterocycles. The number of sulfone groups is 1. The Labute approximate surface area is 167 Å². The molecule has 28 heavy (non-hydrogen) atoms. The lowest BCUT2D eigenvalue weighted by molar-refractivity contribution is 0.353. The molecule has 1 aromatic heterocycles. The van der Waals surface area contributed by atoms with Gasteiger partial charge in [-0.1, -0.05) is 30.3 Å². The smallest absolute Gasteiger partial charge is 0.193 e. The van der Waals surface area contributed by atoms with Crippen LogP contribution in [0.5, 0.6) is 0 Å². The number of aromatic nitrogens is 2. The van der Waals surface area contributed by atoms with Crippen molar-refractivity contribution >= 4 is 15.8 Å². The minimum Gasteiger partial charge on any atom is -0.356 e. The predicted molar refractivity (Wildman–Crippen MR) is 112 cm³/mol. The molecule has 0 bridgehead atoms. The zero-order valence-electron chi connectivity index (χ0n) is 16.8. The average molecular weight is 404 g/mol. The maximum atomic E-state index is 12.2. The normalized spacial score (nSPS) is 18.8. The molecule has 0 saturated carbocycles. The molecule has 1 aromatic carbocycles. The second kappa shape index (κ2) is 8.34. The van der Waals surface area contributed by atoms with Crippen molar-refractivity contribution in [3.05, 3.63) is 54.1 Å². The number of guanidine groups is 1. The Bertz CT molecular complexity index is 919. The number of rotatable bonds is 5. The summed E-state index contributed by atoms with van der Waals surface area (Å²) in [6, 6.07) is 10.3. The lowest BCUT2D eigenvalue weighted by atomic mass is 10.2. The van der Waals surface area contributed by atoms with Crippen LogP contribution in [0.3, 0.4) is 0 Å². The van der Waals surface area contributed by atoms with Gasteiger partial charge in [-0.15, -0.1) is 0 Å². The molecular weight excluding hydrogens is 374 g/mol. The molecule has 0 aliphatic carbocycles. The first-order chi connectivity index (χ1) is 13.3. The van der Waals surface area contributed by atoms with E-state index in [2.05, 4.69) is 32.0 Å². The molecular formula is C20H29N5O2S. The van der Waals surface area contributed by atoms with E-state index < -0.39 is 14.6 Å². The summed E-state index contributed by atoms with van der Waals surface area (Å²) in [7, 11) is -1.33. The van der Waals surface area contributed by atoms with Crippen LogP contribution < -0.4 is 5.32 Å². The fourth-order valence-electron chi connectivity index (χ4n) is 3.44. The molecule has 1 aliphatic rings. The van der Waals surface area contributed by atoms with Gasteiger partial charge in [0.15, 0.2) is 15.8 Å². The fourth-order valence-corrected chi connectivity index (χ4v) is 4.80. The van der Waals surface area contributed by atoms with Gasteiger partial charge in [0, 0.05) is 52.0 Å². The highest BCUT2D eigenvalue weighted by Gasteiger charge is 2.40. The van der Waals surface area contributed by atoms with Crippen LogP contribution in [0.15, 0.2) is 47.7 Å². The summed E-state index contributed by atoms with van der Waals surface area (Å²) in [5.74, 6) is 1.90. The Hall–Kier alpha value is -2.35. The van der Waals surface area contributed by atoms with E-state index in [9.17, 15) is 8.42 Å². The van der Waals surface area contributed by atoms with Crippen molar-refractivity contribution in [2.75, 3.05) is 32.4 Å². The van der Waals surface area contributed by atoms with E-state index in [1.165, 1.54) is 5.56 Å². The quantitative estimate of drug-likeness (QED) is 0.605. The highest BCUT2D eigenvalue weighted by molar-refractivity contribution is 7.92. The Morgan fingerprint density at radius 3 is 2.71 bits per heavy atom. The van der Waals surface area contributed by atoms with Crippen LogP contribution in [-0.4, -0.2) is 66.0 Å². The number of hydrogen-bond acceptors (Lipinski definition) is 4. The van der Waals surface area contributed by atoms with Crippen LogP contribution in [0.4, 0.5) is 0 Å². The maximum Gasteiger partial charge on any atom is 0.193 e. The summed E-state index contributed by atoms with van der Waals surface area (Å²) in [5.41, 5.74) is 1.24. The van der Waals surface area contributed by atoms with Crippen molar-refractivity contribution in [3.8, 4) is 0 Å². The fraction of sp³-hybridized carbons (Fsp3) is 0.500. The summed E-state index contributed by atoms with van der Waals surface area (Å²) < 4.78 is 25.8. The van der Waals surface area contributed by atoms with E-state index in [1.807, 2.05) is 35.5 Å². The van der Waals surface area contributed by atoms with E-state index >= 15 is 0 Å². The van der Waals surface area contributed by atoms with Crippen LogP contribution in [-0.2, 0) is 22.8 Å². The molecule has 7 nitrogen and oxygen atoms in total. The summed E-state index contributed by atoms with van der Waals surface area (Å²) in [5, 5.41) is 3.36. The molecule has 1 N–H and O–H groups in total. The van der Waals surface area contributed by atoms with E-state index in [1.54, 1.807) is 20.9 Å². The lowest BCUT2D eigenvalue weighted by Crippen LogP contribution is -2.57. The number of nitrogens with zero attached hydrogens (tertiary/aromatic N) is 4. The zero-order chi connectivity index (χ0) is 20.2. The Morgan fingerprint density at radius 1 is 1.29 bits per heavy atom. The predicted octanol–water partition coefficient (Wildman–Crippen LogP) is 1.56. The molecule has 3 rings (SSSR count). The summed E-state index contributed by atoms with van der Waals surface area (Å²) in [4.78, 5) is 10.8. The van der Waals surface area contributed by atoms with Crippen LogP contribution >= 0.6 is 0 Å². The minimum absolute atomic E-state index is 0.155. The van der Waals surface area contributed by atoms with Crippen LogP contribution in [0, 0.1) is 0 Å². The van der Waals surface area contributed by atoms with Crippen molar-refractivity contribution in [3.63, 3.8) is 0 Å². The molecule has 2 heterocycles. The molecule has 1 saturated heterocycles. The Morgan fingerprint density at radius 2 is 2.04 bits per heavy atom. The molecule has 0 unspecified atom stereocenters. The van der Waals surface area contributed by atoms with Gasteiger partial charge in [-0.3, -0.25) is 4.99 Å². The Balaban J connectivity index is 1.57. The summed E-state index contributed by atoms with van der Waals surface area (Å²) >= 11 is 0. The standard InChI is InChI=1S/C20H29N5O2S/c1-20(2)16-25(13-14-28(20,26)27)19(21-3)23-10-9-18-22-11-12-24(18)15-17-7-5-4-6-8-17/h4-8,11-12H,9-10,13-16H2,1-3H3,(H,21,23). The van der Waals surface area contributed by atoms with Gasteiger partial charge in [0.25, 0.3) is 0 Å². The summed E-state index contributed by atoms with van der Waals surface area (Å²) in [6.45, 7) is 5.95. The lowest BCUT2D eigenvalue weighted by Gasteiger charge is -2.39. The average Bonchev–Trinajstić information content (AvgIpc) is 3.09. The second-order valence-corrected chi connectivity index (χ2v) is 10.4. The third-order valence-corrected chi connectivity index (χ3v) is 7.72. The molecule has 0 radical (unpaired) electrons. The first-order valence-electron chi connectivity index (χ1n) is 9.54. The molecule has 8 heteroatoms. The van der Waals surface area contributed by atoms with Gasteiger partial charge >= 0.3 is 0 Å². The van der Waals surface area contributed by atoms with Crippen LogP contribution in [0.25, 0.3) is 0 Å². The van der Waals surface area contributed by atoms with Gasteiger partial charge in [-0.05, 0) is 19.4 Å². The minimum atomic E-state index is -3.06. The van der Waals surface area contributed by atoms with Gasteiger partial charge in [0.2, 0.25) is 0 Å². The highest BCUT2D eigenvalue weighted by Crippen LogP contribution is 2.23. The van der Waals surface area contributed by atoms with Gasteiger partial charge < -0.3 is 14.8 Å². The SMILES string of the molecule is CN=C(NCCc1nccn1Cc1ccccc1)N1CCS(=O)(=O)C(C)(C)C1. The van der Waals surface area contributed by atoms with Gasteiger partial charge in [0.05, 0.1) is 10.5 Å². The zero-order valence-corrected chi connectivity index (χ0v) is 17.6. The first kappa shape index (κ1) is 20.4. The molecule has 0 amide bonds. The number of imidazole rings is 1. The van der Waals surface area contributed by atoms with E-state index in [0.717, 1.165) is 24.7 Å². The molecule has 0 spiro atoms. The van der Waals surface area contributed by atoms with Crippen molar-refractivity contribution < 1.29 is 8.42 Å². The number of benzene rings is 1. The van der Waals surface area contributed by atoms with E-state index in [4.69, 9.17) is 0 Å². The molecule has 152 valence electrons. The molecule has 1 fully saturated rings. The van der Waals surface area contributed by atoms with Gasteiger partial charge in [-0.25, -0.2) is 13.4 Å². The largest absolute Gasteiger partial charge is 0.356 e. The van der Waals surface area contributed by atoms with Crippen molar-refractivity contribution in [2.24, 2.45) is 4.99 Å². The third kappa shape index (κ3) is 4.55. The number of hydrogen-bond donors (Lipinski definition) is 1. The van der Waals surface area contributed by atoms with Gasteiger partial charge in [-0.2, -0.15) is 0 Å². The Kier molecular flexibility index (Phi) is 6.07. The van der Waals surface area contributed by atoms with E-state index in [0.29, 0.717) is 19.6 Å². The number of aliphatic imine (C=N–C) groups is 1. The second-order valence-electron chi connectivity index (χ2n) is 7.68. The number of nitrogens with one attached hydrogen (secondary N) is 1. The van der Waals surface area contributed by atoms with Crippen molar-refractivity contribution in [1.82, 2.24) is 19.8 Å². The maximum absolute atomic E-state index is 12.2. The molecule has 2 aromatic rings. The van der Waals surface area contributed by atoms with Crippen LogP contribution in [0.2, 0.25) is 0 Å². The van der Waals surface area contributed by atoms with Crippen molar-refractivity contribution in [2.45, 2.75) is 31.6 Å². The monoisotopic (exact) mass is 403 g/mol.